The number of rotatable bonds is 6. The number of nitrogens with zero attached hydrogens (tertiary/aromatic N) is 4. The highest BCUT2D eigenvalue weighted by Gasteiger charge is 2.17. The van der Waals surface area contributed by atoms with Crippen molar-refractivity contribution in [1.29, 1.82) is 0 Å². The van der Waals surface area contributed by atoms with E-state index in [0.717, 1.165) is 12.1 Å². The van der Waals surface area contributed by atoms with Gasteiger partial charge in [0.05, 0.1) is 5.71 Å². The highest BCUT2D eigenvalue weighted by Crippen LogP contribution is 2.17. The van der Waals surface area contributed by atoms with Gasteiger partial charge in [0.25, 0.3) is 11.7 Å². The molecule has 0 unspecified atom stereocenters. The molecule has 0 radical (unpaired) electrons. The van der Waals surface area contributed by atoms with Gasteiger partial charge in [0.2, 0.25) is 0 Å². The first-order chi connectivity index (χ1) is 14.5. The molecule has 0 aliphatic heterocycles. The van der Waals surface area contributed by atoms with E-state index in [1.165, 1.54) is 30.6 Å². The number of carbonyl (C=O) groups excluding carboxylic acids is 1. The maximum atomic E-state index is 13.7. The van der Waals surface area contributed by atoms with Gasteiger partial charge in [0.15, 0.2) is 11.9 Å². The number of hydrogen-bond donors (Lipinski definition) is 1. The number of anilines is 1. The number of nitrogens with one attached hydrogen (secondary N) is 1. The SMILES string of the molecule is [C-]#[N+]c1ccc(O/N=C(/CC)c2ccc(NC(=O)c3c(F)cccc3F)nc2)cn1. The zero-order valence-corrected chi connectivity index (χ0v) is 15.8. The number of benzene rings is 1. The first kappa shape index (κ1) is 20.5. The van der Waals surface area contributed by atoms with E-state index >= 15 is 0 Å². The molecule has 1 N–H and O–H groups in total. The van der Waals surface area contributed by atoms with Crippen molar-refractivity contribution in [2.45, 2.75) is 13.3 Å². The van der Waals surface area contributed by atoms with Crippen molar-refractivity contribution in [2.75, 3.05) is 5.32 Å². The van der Waals surface area contributed by atoms with Crippen LogP contribution in [0, 0.1) is 18.2 Å². The van der Waals surface area contributed by atoms with Crippen molar-refractivity contribution >= 4 is 23.3 Å². The lowest BCUT2D eigenvalue weighted by molar-refractivity contribution is 0.101. The normalized spacial score (nSPS) is 10.9. The minimum absolute atomic E-state index is 0.127. The van der Waals surface area contributed by atoms with Crippen LogP contribution in [-0.2, 0) is 0 Å². The van der Waals surface area contributed by atoms with Gasteiger partial charge in [-0.2, -0.15) is 0 Å². The molecule has 0 bridgehead atoms. The summed E-state index contributed by atoms with van der Waals surface area (Å²) in [5.74, 6) is -2.10. The molecule has 9 heteroatoms. The van der Waals surface area contributed by atoms with Gasteiger partial charge in [-0.1, -0.05) is 24.7 Å². The molecule has 0 saturated heterocycles. The third kappa shape index (κ3) is 4.80. The second kappa shape index (κ2) is 9.34. The summed E-state index contributed by atoms with van der Waals surface area (Å²) in [4.78, 5) is 28.7. The van der Waals surface area contributed by atoms with Crippen LogP contribution >= 0.6 is 0 Å². The molecule has 0 aliphatic rings. The number of carbonyl (C=O) groups is 1. The van der Waals surface area contributed by atoms with Gasteiger partial charge in [-0.05, 0) is 42.8 Å². The molecule has 3 rings (SSSR count). The van der Waals surface area contributed by atoms with Gasteiger partial charge in [-0.3, -0.25) is 4.79 Å². The number of amides is 1. The summed E-state index contributed by atoms with van der Waals surface area (Å²) in [7, 11) is 0. The van der Waals surface area contributed by atoms with Gasteiger partial charge in [-0.15, -0.1) is 4.98 Å². The van der Waals surface area contributed by atoms with Crippen molar-refractivity contribution in [3.63, 3.8) is 0 Å². The molecular formula is C21H15F2N5O2. The molecule has 1 amide bonds. The summed E-state index contributed by atoms with van der Waals surface area (Å²) in [5, 5.41) is 6.43. The number of oxime groups is 1. The van der Waals surface area contributed by atoms with E-state index in [4.69, 9.17) is 11.4 Å². The van der Waals surface area contributed by atoms with Crippen molar-refractivity contribution in [1.82, 2.24) is 9.97 Å². The largest absolute Gasteiger partial charge is 0.361 e. The first-order valence-electron chi connectivity index (χ1n) is 8.81. The molecule has 0 spiro atoms. The minimum Gasteiger partial charge on any atom is -0.361 e. The predicted molar refractivity (Wildman–Crippen MR) is 107 cm³/mol. The molecule has 2 aromatic heterocycles. The Balaban J connectivity index is 1.71. The van der Waals surface area contributed by atoms with Crippen LogP contribution in [0.1, 0.15) is 29.3 Å². The predicted octanol–water partition coefficient (Wildman–Crippen LogP) is 4.75. The summed E-state index contributed by atoms with van der Waals surface area (Å²) >= 11 is 0. The van der Waals surface area contributed by atoms with Crippen LogP contribution in [-0.4, -0.2) is 21.6 Å². The average Bonchev–Trinajstić information content (AvgIpc) is 2.75. The standard InChI is InChI=1S/C21H15F2N5O2/c1-3-17(28-30-14-8-10-18(24-2)26-12-14)13-7-9-19(25-11-13)27-21(29)20-15(22)5-4-6-16(20)23/h4-12H,3H2,1H3,(H,25,27,29)/b28-17-. The maximum absolute atomic E-state index is 13.7. The van der Waals surface area contributed by atoms with Gasteiger partial charge in [-0.25, -0.2) is 13.8 Å². The molecule has 0 atom stereocenters. The smallest absolute Gasteiger partial charge is 0.269 e. The monoisotopic (exact) mass is 407 g/mol. The number of aromatic nitrogens is 2. The van der Waals surface area contributed by atoms with E-state index < -0.39 is 23.1 Å². The Morgan fingerprint density at radius 1 is 1.13 bits per heavy atom. The molecule has 30 heavy (non-hydrogen) atoms. The highest BCUT2D eigenvalue weighted by molar-refractivity contribution is 6.04. The van der Waals surface area contributed by atoms with Crippen molar-refractivity contribution < 1.29 is 18.4 Å². The van der Waals surface area contributed by atoms with Crippen molar-refractivity contribution in [3.05, 3.63) is 89.0 Å². The third-order valence-electron chi connectivity index (χ3n) is 3.96. The molecule has 1 aromatic carbocycles. The Kier molecular flexibility index (Phi) is 6.39. The van der Waals surface area contributed by atoms with E-state index in [2.05, 4.69) is 25.3 Å². The van der Waals surface area contributed by atoms with Gasteiger partial charge >= 0.3 is 0 Å². The number of pyridine rings is 2. The van der Waals surface area contributed by atoms with Crippen LogP contribution in [0.15, 0.2) is 60.0 Å². The molecular weight excluding hydrogens is 392 g/mol. The molecule has 7 nitrogen and oxygen atoms in total. The fourth-order valence-electron chi connectivity index (χ4n) is 2.45. The van der Waals surface area contributed by atoms with E-state index in [1.807, 2.05) is 6.92 Å². The quantitative estimate of drug-likeness (QED) is 0.363. The Hall–Kier alpha value is -4.19. The van der Waals surface area contributed by atoms with E-state index in [9.17, 15) is 13.6 Å². The molecule has 0 saturated carbocycles. The number of halogens is 2. The topological polar surface area (TPSA) is 80.8 Å². The van der Waals surface area contributed by atoms with Crippen molar-refractivity contribution in [2.24, 2.45) is 5.16 Å². The summed E-state index contributed by atoms with van der Waals surface area (Å²) in [5.41, 5.74) is 0.540. The minimum atomic E-state index is -0.958. The lowest BCUT2D eigenvalue weighted by atomic mass is 10.1. The second-order valence-electron chi connectivity index (χ2n) is 5.93. The Morgan fingerprint density at radius 2 is 1.90 bits per heavy atom. The third-order valence-corrected chi connectivity index (χ3v) is 3.96. The van der Waals surface area contributed by atoms with Crippen LogP contribution in [0.25, 0.3) is 4.85 Å². The summed E-state index contributed by atoms with van der Waals surface area (Å²) < 4.78 is 27.4. The van der Waals surface area contributed by atoms with E-state index in [-0.39, 0.29) is 11.6 Å². The fourth-order valence-corrected chi connectivity index (χ4v) is 2.45. The van der Waals surface area contributed by atoms with Gasteiger partial charge in [0, 0.05) is 11.8 Å². The summed E-state index contributed by atoms with van der Waals surface area (Å²) in [6, 6.07) is 9.41. The number of hydrogen-bond acceptors (Lipinski definition) is 5. The van der Waals surface area contributed by atoms with Crippen LogP contribution in [0.5, 0.6) is 5.75 Å². The van der Waals surface area contributed by atoms with Crippen LogP contribution in [0.2, 0.25) is 0 Å². The van der Waals surface area contributed by atoms with Crippen LogP contribution in [0.4, 0.5) is 20.4 Å². The molecule has 2 heterocycles. The zero-order chi connectivity index (χ0) is 21.5. The zero-order valence-electron chi connectivity index (χ0n) is 15.8. The molecule has 3 aromatic rings. The lowest BCUT2D eigenvalue weighted by Gasteiger charge is -2.08. The van der Waals surface area contributed by atoms with Gasteiger partial charge in [0.1, 0.15) is 23.0 Å². The summed E-state index contributed by atoms with van der Waals surface area (Å²) in [6.45, 7) is 8.75. The van der Waals surface area contributed by atoms with Crippen LogP contribution in [0.3, 0.4) is 0 Å². The second-order valence-corrected chi connectivity index (χ2v) is 5.93. The lowest BCUT2D eigenvalue weighted by Crippen LogP contribution is -2.16. The molecule has 0 fully saturated rings. The van der Waals surface area contributed by atoms with Crippen LogP contribution < -0.4 is 10.2 Å². The average molecular weight is 407 g/mol. The summed E-state index contributed by atoms with van der Waals surface area (Å²) in [6.07, 6.45) is 3.38. The van der Waals surface area contributed by atoms with Crippen molar-refractivity contribution in [3.8, 4) is 5.75 Å². The highest BCUT2D eigenvalue weighted by atomic mass is 19.1. The fraction of sp³-hybridized carbons (Fsp3) is 0.0952. The molecule has 150 valence electrons. The van der Waals surface area contributed by atoms with E-state index in [1.54, 1.807) is 12.1 Å². The van der Waals surface area contributed by atoms with E-state index in [0.29, 0.717) is 23.4 Å². The molecule has 0 aliphatic carbocycles. The Labute approximate surface area is 170 Å². The van der Waals surface area contributed by atoms with Gasteiger partial charge < -0.3 is 15.0 Å². The first-order valence-corrected chi connectivity index (χ1v) is 8.81. The Morgan fingerprint density at radius 3 is 2.47 bits per heavy atom. The Bertz CT molecular complexity index is 1100. The maximum Gasteiger partial charge on any atom is 0.269 e.